The molecule has 1 rings (SSSR count). The Kier molecular flexibility index (Phi) is 5.24. The molecule has 0 aliphatic heterocycles. The van der Waals surface area contributed by atoms with Gasteiger partial charge in [0.05, 0.1) is 19.0 Å². The molecule has 0 aromatic heterocycles. The van der Waals surface area contributed by atoms with E-state index in [0.29, 0.717) is 12.4 Å². The monoisotopic (exact) mass is 260 g/mol. The Bertz CT molecular complexity index is 424. The van der Waals surface area contributed by atoms with Gasteiger partial charge in [-0.15, -0.1) is 0 Å². The first-order valence-corrected chi connectivity index (χ1v) is 6.93. The van der Waals surface area contributed by atoms with Crippen molar-refractivity contribution < 1.29 is 22.4 Å². The van der Waals surface area contributed by atoms with Crippen LogP contribution in [0, 0.1) is 0 Å². The summed E-state index contributed by atoms with van der Waals surface area (Å²) in [6.07, 6.45) is 0.256. The summed E-state index contributed by atoms with van der Waals surface area (Å²) in [4.78, 5) is 0. The molecule has 0 spiro atoms. The van der Waals surface area contributed by atoms with E-state index >= 15 is 0 Å². The predicted octanol–water partition coefficient (Wildman–Crippen LogP) is 1.74. The van der Waals surface area contributed by atoms with Gasteiger partial charge in [0, 0.05) is 0 Å². The van der Waals surface area contributed by atoms with Crippen LogP contribution in [-0.4, -0.2) is 31.9 Å². The van der Waals surface area contributed by atoms with Crippen molar-refractivity contribution in [3.05, 3.63) is 24.3 Å². The molecule has 0 unspecified atom stereocenters. The van der Waals surface area contributed by atoms with Crippen LogP contribution in [0.3, 0.4) is 0 Å². The van der Waals surface area contributed by atoms with E-state index in [4.69, 9.17) is 14.0 Å². The van der Waals surface area contributed by atoms with Crippen molar-refractivity contribution in [2.24, 2.45) is 0 Å². The van der Waals surface area contributed by atoms with Gasteiger partial charge in [-0.1, -0.05) is 0 Å². The number of hydrogen-bond acceptors (Lipinski definition) is 4. The van der Waals surface area contributed by atoms with Crippen molar-refractivity contribution in [2.45, 2.75) is 13.3 Å². The maximum atomic E-state index is 10.4. The average molecular weight is 260 g/mol. The normalized spacial score (nSPS) is 11.2. The summed E-state index contributed by atoms with van der Waals surface area (Å²) in [5.74, 6) is 1.12. The molecule has 6 heteroatoms. The van der Waals surface area contributed by atoms with Gasteiger partial charge in [-0.25, -0.2) is 0 Å². The highest BCUT2D eigenvalue weighted by Crippen LogP contribution is 2.17. The molecule has 0 bridgehead atoms. The zero-order valence-electron chi connectivity index (χ0n) is 9.63. The van der Waals surface area contributed by atoms with Crippen molar-refractivity contribution in [1.29, 1.82) is 0 Å². The molecule has 0 saturated carbocycles. The summed E-state index contributed by atoms with van der Waals surface area (Å²) < 4.78 is 40.0. The Hall–Kier alpha value is -1.27. The third-order valence-electron chi connectivity index (χ3n) is 1.95. The lowest BCUT2D eigenvalue weighted by atomic mass is 10.3. The highest BCUT2D eigenvalue weighted by molar-refractivity contribution is 7.85. The van der Waals surface area contributed by atoms with Gasteiger partial charge >= 0.3 is 0 Å². The van der Waals surface area contributed by atoms with Crippen molar-refractivity contribution in [2.75, 3.05) is 19.0 Å². The van der Waals surface area contributed by atoms with E-state index in [1.807, 2.05) is 6.92 Å². The SMILES string of the molecule is CCOc1ccc(OCCCS(=O)(=O)O)cc1. The minimum absolute atomic E-state index is 0.244. The molecule has 0 atom stereocenters. The number of rotatable bonds is 7. The van der Waals surface area contributed by atoms with E-state index in [1.54, 1.807) is 24.3 Å². The highest BCUT2D eigenvalue weighted by Gasteiger charge is 2.03. The van der Waals surface area contributed by atoms with Crippen LogP contribution in [0.5, 0.6) is 11.5 Å². The van der Waals surface area contributed by atoms with Crippen molar-refractivity contribution in [3.63, 3.8) is 0 Å². The van der Waals surface area contributed by atoms with Crippen molar-refractivity contribution >= 4 is 10.1 Å². The summed E-state index contributed by atoms with van der Waals surface area (Å²) in [7, 11) is -3.89. The van der Waals surface area contributed by atoms with Crippen LogP contribution in [0.4, 0.5) is 0 Å². The van der Waals surface area contributed by atoms with Gasteiger partial charge in [0.2, 0.25) is 0 Å². The second-order valence-electron chi connectivity index (χ2n) is 3.39. The molecule has 17 heavy (non-hydrogen) atoms. The fourth-order valence-electron chi connectivity index (χ4n) is 1.23. The van der Waals surface area contributed by atoms with Crippen molar-refractivity contribution in [1.82, 2.24) is 0 Å². The standard InChI is InChI=1S/C11H16O5S/c1-2-15-10-4-6-11(7-5-10)16-8-3-9-17(12,13)14/h4-7H,2-3,8-9H2,1H3,(H,12,13,14). The van der Waals surface area contributed by atoms with E-state index in [2.05, 4.69) is 0 Å². The van der Waals surface area contributed by atoms with Gasteiger partial charge in [-0.2, -0.15) is 8.42 Å². The van der Waals surface area contributed by atoms with E-state index < -0.39 is 10.1 Å². The number of benzene rings is 1. The van der Waals surface area contributed by atoms with Crippen LogP contribution in [-0.2, 0) is 10.1 Å². The molecule has 0 radical (unpaired) electrons. The third-order valence-corrected chi connectivity index (χ3v) is 2.75. The molecule has 0 saturated heterocycles. The Morgan fingerprint density at radius 1 is 1.12 bits per heavy atom. The molecule has 5 nitrogen and oxygen atoms in total. The summed E-state index contributed by atoms with van der Waals surface area (Å²) >= 11 is 0. The minimum atomic E-state index is -3.89. The number of ether oxygens (including phenoxy) is 2. The maximum absolute atomic E-state index is 10.4. The van der Waals surface area contributed by atoms with E-state index in [0.717, 1.165) is 5.75 Å². The second-order valence-corrected chi connectivity index (χ2v) is 4.96. The topological polar surface area (TPSA) is 72.8 Å². The van der Waals surface area contributed by atoms with Crippen LogP contribution in [0.2, 0.25) is 0 Å². The van der Waals surface area contributed by atoms with E-state index in [-0.39, 0.29) is 18.8 Å². The van der Waals surface area contributed by atoms with Gasteiger partial charge < -0.3 is 9.47 Å². The smallest absolute Gasteiger partial charge is 0.264 e. The van der Waals surface area contributed by atoms with Crippen LogP contribution in [0.15, 0.2) is 24.3 Å². The fourth-order valence-corrected chi connectivity index (χ4v) is 1.71. The van der Waals surface area contributed by atoms with Crippen LogP contribution < -0.4 is 9.47 Å². The van der Waals surface area contributed by atoms with Gasteiger partial charge in [-0.05, 0) is 37.6 Å². The van der Waals surface area contributed by atoms with Gasteiger partial charge in [0.25, 0.3) is 10.1 Å². The van der Waals surface area contributed by atoms with E-state index in [9.17, 15) is 8.42 Å². The van der Waals surface area contributed by atoms with Crippen LogP contribution in [0.1, 0.15) is 13.3 Å². The molecular formula is C11H16O5S. The molecule has 0 amide bonds. The van der Waals surface area contributed by atoms with Crippen LogP contribution >= 0.6 is 0 Å². The molecule has 0 heterocycles. The lowest BCUT2D eigenvalue weighted by molar-refractivity contribution is 0.313. The lowest BCUT2D eigenvalue weighted by Crippen LogP contribution is -2.08. The van der Waals surface area contributed by atoms with Crippen molar-refractivity contribution in [3.8, 4) is 11.5 Å². The molecular weight excluding hydrogens is 244 g/mol. The molecule has 0 aliphatic carbocycles. The second kappa shape index (κ2) is 6.46. The zero-order chi connectivity index (χ0) is 12.7. The Morgan fingerprint density at radius 3 is 2.12 bits per heavy atom. The summed E-state index contributed by atoms with van der Waals surface area (Å²) in [6, 6.07) is 7.06. The zero-order valence-corrected chi connectivity index (χ0v) is 10.4. The first-order valence-electron chi connectivity index (χ1n) is 5.32. The largest absolute Gasteiger partial charge is 0.494 e. The lowest BCUT2D eigenvalue weighted by Gasteiger charge is -2.07. The summed E-state index contributed by atoms with van der Waals surface area (Å²) in [6.45, 7) is 2.75. The molecule has 1 aromatic rings. The Balaban J connectivity index is 2.32. The molecule has 96 valence electrons. The fraction of sp³-hybridized carbons (Fsp3) is 0.455. The Morgan fingerprint density at radius 2 is 1.65 bits per heavy atom. The van der Waals surface area contributed by atoms with Gasteiger partial charge in [0.1, 0.15) is 11.5 Å². The van der Waals surface area contributed by atoms with Gasteiger partial charge in [-0.3, -0.25) is 4.55 Å². The highest BCUT2D eigenvalue weighted by atomic mass is 32.2. The van der Waals surface area contributed by atoms with Crippen LogP contribution in [0.25, 0.3) is 0 Å². The molecule has 1 N–H and O–H groups in total. The molecule has 0 fully saturated rings. The number of hydrogen-bond donors (Lipinski definition) is 1. The van der Waals surface area contributed by atoms with E-state index in [1.165, 1.54) is 0 Å². The minimum Gasteiger partial charge on any atom is -0.494 e. The maximum Gasteiger partial charge on any atom is 0.264 e. The summed E-state index contributed by atoms with van der Waals surface area (Å²) in [5.41, 5.74) is 0. The Labute approximate surface area is 101 Å². The average Bonchev–Trinajstić information content (AvgIpc) is 2.26. The summed E-state index contributed by atoms with van der Waals surface area (Å²) in [5, 5.41) is 0. The predicted molar refractivity (Wildman–Crippen MR) is 64.1 cm³/mol. The molecule has 1 aromatic carbocycles. The first-order chi connectivity index (χ1) is 8.01. The molecule has 0 aliphatic rings. The third kappa shape index (κ3) is 6.13. The van der Waals surface area contributed by atoms with Gasteiger partial charge in [0.15, 0.2) is 0 Å². The quantitative estimate of drug-likeness (QED) is 0.597. The first kappa shape index (κ1) is 13.8.